The molecule has 4 rings (SSSR count). The summed E-state index contributed by atoms with van der Waals surface area (Å²) in [5.74, 6) is 0.695. The second-order valence-electron chi connectivity index (χ2n) is 7.83. The maximum absolute atomic E-state index is 10.8. The van der Waals surface area contributed by atoms with Crippen LogP contribution in [0.25, 0.3) is 0 Å². The first-order chi connectivity index (χ1) is 14.0. The molecule has 1 unspecified atom stereocenters. The number of aromatic hydroxyl groups is 1. The number of halogens is 1. The lowest BCUT2D eigenvalue weighted by atomic mass is 9.87. The number of hydrogen-bond acceptors (Lipinski definition) is 5. The van der Waals surface area contributed by atoms with Gasteiger partial charge in [-0.3, -0.25) is 10.3 Å². The monoisotopic (exact) mass is 413 g/mol. The molecule has 29 heavy (non-hydrogen) atoms. The van der Waals surface area contributed by atoms with Crippen molar-refractivity contribution in [2.75, 3.05) is 26.7 Å². The number of benzene rings is 2. The Morgan fingerprint density at radius 2 is 1.93 bits per heavy atom. The van der Waals surface area contributed by atoms with E-state index in [1.54, 1.807) is 13.2 Å². The van der Waals surface area contributed by atoms with Crippen molar-refractivity contribution < 1.29 is 9.84 Å². The molecule has 2 aromatic rings. The fourth-order valence-corrected chi connectivity index (χ4v) is 4.52. The van der Waals surface area contributed by atoms with Crippen molar-refractivity contribution in [3.05, 3.63) is 58.6 Å². The fourth-order valence-electron chi connectivity index (χ4n) is 4.40. The van der Waals surface area contributed by atoms with Crippen molar-refractivity contribution in [2.45, 2.75) is 37.9 Å². The van der Waals surface area contributed by atoms with Crippen molar-refractivity contribution in [3.8, 4) is 11.5 Å². The minimum absolute atomic E-state index is 0.0403. The van der Waals surface area contributed by atoms with E-state index < -0.39 is 0 Å². The SMILES string of the molecule is CCN1CCC2(CC1)N=C(c1ccc(Cl)cc1)CC(c1cccc(OC)c1O)N2. The van der Waals surface area contributed by atoms with Crippen LogP contribution in [0.5, 0.6) is 11.5 Å². The lowest BCUT2D eigenvalue weighted by Crippen LogP contribution is -2.56. The minimum Gasteiger partial charge on any atom is -0.504 e. The zero-order chi connectivity index (χ0) is 20.4. The quantitative estimate of drug-likeness (QED) is 0.780. The smallest absolute Gasteiger partial charge is 0.162 e. The molecule has 0 amide bonds. The van der Waals surface area contributed by atoms with Crippen molar-refractivity contribution in [1.29, 1.82) is 0 Å². The summed E-state index contributed by atoms with van der Waals surface area (Å²) in [4.78, 5) is 7.67. The maximum atomic E-state index is 10.8. The zero-order valence-electron chi connectivity index (χ0n) is 17.0. The van der Waals surface area contributed by atoms with E-state index in [2.05, 4.69) is 17.1 Å². The largest absolute Gasteiger partial charge is 0.504 e. The number of aliphatic imine (C=N–C) groups is 1. The highest BCUT2D eigenvalue weighted by molar-refractivity contribution is 6.30. The Morgan fingerprint density at radius 1 is 1.21 bits per heavy atom. The van der Waals surface area contributed by atoms with Gasteiger partial charge in [-0.05, 0) is 43.1 Å². The maximum Gasteiger partial charge on any atom is 0.162 e. The van der Waals surface area contributed by atoms with Gasteiger partial charge < -0.3 is 14.7 Å². The molecule has 0 aromatic heterocycles. The van der Waals surface area contributed by atoms with E-state index in [0.717, 1.165) is 54.3 Å². The van der Waals surface area contributed by atoms with Gasteiger partial charge in [-0.25, -0.2) is 0 Å². The first kappa shape index (κ1) is 20.2. The molecule has 2 N–H and O–H groups in total. The van der Waals surface area contributed by atoms with E-state index in [4.69, 9.17) is 21.3 Å². The summed E-state index contributed by atoms with van der Waals surface area (Å²) in [5.41, 5.74) is 2.67. The van der Waals surface area contributed by atoms with E-state index in [1.165, 1.54) is 0 Å². The molecule has 2 aromatic carbocycles. The van der Waals surface area contributed by atoms with Gasteiger partial charge in [0.05, 0.1) is 7.11 Å². The van der Waals surface area contributed by atoms with Crippen molar-refractivity contribution in [3.63, 3.8) is 0 Å². The van der Waals surface area contributed by atoms with Crippen LogP contribution in [-0.4, -0.2) is 48.1 Å². The van der Waals surface area contributed by atoms with Crippen molar-refractivity contribution in [1.82, 2.24) is 10.2 Å². The van der Waals surface area contributed by atoms with E-state index in [1.807, 2.05) is 36.4 Å². The Kier molecular flexibility index (Phi) is 5.81. The fraction of sp³-hybridized carbons (Fsp3) is 0.435. The summed E-state index contributed by atoms with van der Waals surface area (Å²) >= 11 is 6.10. The average molecular weight is 414 g/mol. The third-order valence-electron chi connectivity index (χ3n) is 6.12. The highest BCUT2D eigenvalue weighted by Gasteiger charge is 2.40. The molecule has 154 valence electrons. The minimum atomic E-state index is -0.320. The van der Waals surface area contributed by atoms with Crippen LogP contribution in [0, 0.1) is 0 Å². The van der Waals surface area contributed by atoms with E-state index >= 15 is 0 Å². The molecule has 1 fully saturated rings. The number of rotatable bonds is 4. The molecule has 2 aliphatic rings. The number of ether oxygens (including phenoxy) is 1. The van der Waals surface area contributed by atoms with Crippen molar-refractivity contribution >= 4 is 17.3 Å². The second kappa shape index (κ2) is 8.34. The van der Waals surface area contributed by atoms with Crippen LogP contribution in [0.4, 0.5) is 0 Å². The lowest BCUT2D eigenvalue weighted by molar-refractivity contribution is 0.129. The highest BCUT2D eigenvalue weighted by Crippen LogP contribution is 2.40. The number of methoxy groups -OCH3 is 1. The zero-order valence-corrected chi connectivity index (χ0v) is 17.7. The van der Waals surface area contributed by atoms with Gasteiger partial charge in [0.2, 0.25) is 0 Å². The Hall–Kier alpha value is -2.08. The summed E-state index contributed by atoms with van der Waals surface area (Å²) < 4.78 is 5.34. The van der Waals surface area contributed by atoms with Gasteiger partial charge in [-0.15, -0.1) is 0 Å². The topological polar surface area (TPSA) is 57.1 Å². The van der Waals surface area contributed by atoms with Crippen LogP contribution in [0.2, 0.25) is 5.02 Å². The van der Waals surface area contributed by atoms with E-state index in [0.29, 0.717) is 12.2 Å². The molecule has 0 radical (unpaired) electrons. The highest BCUT2D eigenvalue weighted by atomic mass is 35.5. The van der Waals surface area contributed by atoms with Gasteiger partial charge >= 0.3 is 0 Å². The van der Waals surface area contributed by atoms with Gasteiger partial charge in [0.25, 0.3) is 0 Å². The molecule has 0 bridgehead atoms. The first-order valence-electron chi connectivity index (χ1n) is 10.2. The standard InChI is InChI=1S/C23H28ClN3O2/c1-3-27-13-11-23(12-14-27)25-19(16-7-9-17(24)10-8-16)15-20(26-23)18-5-4-6-21(29-2)22(18)28/h4-10,20,26,28H,3,11-15H2,1-2H3. The summed E-state index contributed by atoms with van der Waals surface area (Å²) in [6.45, 7) is 5.28. The predicted molar refractivity (Wildman–Crippen MR) is 117 cm³/mol. The van der Waals surface area contributed by atoms with Crippen molar-refractivity contribution in [2.24, 2.45) is 4.99 Å². The Morgan fingerprint density at radius 3 is 2.59 bits per heavy atom. The Labute approximate surface area is 177 Å². The van der Waals surface area contributed by atoms with Crippen LogP contribution in [0.1, 0.15) is 43.4 Å². The molecule has 5 nitrogen and oxygen atoms in total. The molecule has 1 atom stereocenters. The van der Waals surface area contributed by atoms with Gasteiger partial charge in [0.1, 0.15) is 5.66 Å². The molecule has 6 heteroatoms. The van der Waals surface area contributed by atoms with Crippen LogP contribution in [-0.2, 0) is 0 Å². The molecule has 1 spiro atoms. The summed E-state index contributed by atoms with van der Waals surface area (Å²) in [6.07, 6.45) is 2.58. The number of nitrogens with one attached hydrogen (secondary N) is 1. The molecule has 0 saturated carbocycles. The summed E-state index contributed by atoms with van der Waals surface area (Å²) in [7, 11) is 1.58. The van der Waals surface area contributed by atoms with Crippen LogP contribution < -0.4 is 10.1 Å². The lowest BCUT2D eigenvalue weighted by Gasteiger charge is -2.45. The van der Waals surface area contributed by atoms with Gasteiger partial charge in [0, 0.05) is 41.8 Å². The predicted octanol–water partition coefficient (Wildman–Crippen LogP) is 4.39. The third-order valence-corrected chi connectivity index (χ3v) is 6.37. The number of hydrogen-bond donors (Lipinski definition) is 2. The number of likely N-dealkylation sites (tertiary alicyclic amines) is 1. The summed E-state index contributed by atoms with van der Waals surface area (Å²) in [6, 6.07) is 13.5. The normalized spacial score (nSPS) is 21.8. The first-order valence-corrected chi connectivity index (χ1v) is 10.6. The number of phenolic OH excluding ortho intramolecular Hbond substituents is 1. The molecular weight excluding hydrogens is 386 g/mol. The third kappa shape index (κ3) is 4.13. The van der Waals surface area contributed by atoms with Crippen LogP contribution >= 0.6 is 11.6 Å². The van der Waals surface area contributed by atoms with E-state index in [-0.39, 0.29) is 17.5 Å². The van der Waals surface area contributed by atoms with Gasteiger partial charge in [-0.1, -0.05) is 42.8 Å². The number of piperidine rings is 1. The average Bonchev–Trinajstić information content (AvgIpc) is 2.74. The van der Waals surface area contributed by atoms with E-state index in [9.17, 15) is 5.11 Å². The molecule has 2 aliphatic heterocycles. The van der Waals surface area contributed by atoms with Gasteiger partial charge in [-0.2, -0.15) is 0 Å². The number of nitrogens with zero attached hydrogens (tertiary/aromatic N) is 2. The number of para-hydroxylation sites is 1. The Bertz CT molecular complexity index is 889. The van der Waals surface area contributed by atoms with Crippen LogP contribution in [0.15, 0.2) is 47.5 Å². The summed E-state index contributed by atoms with van der Waals surface area (Å²) in [5, 5.41) is 15.3. The molecular formula is C23H28ClN3O2. The second-order valence-corrected chi connectivity index (χ2v) is 8.27. The van der Waals surface area contributed by atoms with Crippen LogP contribution in [0.3, 0.4) is 0 Å². The molecule has 2 heterocycles. The van der Waals surface area contributed by atoms with Gasteiger partial charge in [0.15, 0.2) is 11.5 Å². The number of phenols is 1. The molecule has 0 aliphatic carbocycles. The Balaban J connectivity index is 1.72. The molecule has 1 saturated heterocycles.